The number of benzene rings is 1. The average molecular weight is 349 g/mol. The summed E-state index contributed by atoms with van der Waals surface area (Å²) in [5.41, 5.74) is 4.44. The summed E-state index contributed by atoms with van der Waals surface area (Å²) in [5, 5.41) is 4.60. The molecule has 3 heterocycles. The molecule has 1 N–H and O–H groups in total. The lowest BCUT2D eigenvalue weighted by Gasteiger charge is -2.13. The van der Waals surface area contributed by atoms with Crippen LogP contribution in [-0.2, 0) is 12.5 Å². The Morgan fingerprint density at radius 1 is 1.12 bits per heavy atom. The van der Waals surface area contributed by atoms with Gasteiger partial charge in [0.2, 0.25) is 0 Å². The van der Waals surface area contributed by atoms with Crippen molar-refractivity contribution >= 4 is 11.0 Å². The Labute approximate surface area is 150 Å². The molecule has 0 aliphatic rings. The molecule has 3 aromatic heterocycles. The number of nitrogens with one attached hydrogen (secondary N) is 1. The van der Waals surface area contributed by atoms with Crippen molar-refractivity contribution in [3.63, 3.8) is 0 Å². The SMILES string of the molecule is Cn1nc(C(C)(C)C)cc1-c1nc2cc(-c3ccccc3F)ncc2[nH]1. The predicted molar refractivity (Wildman–Crippen MR) is 100 cm³/mol. The third-order valence-electron chi connectivity index (χ3n) is 4.41. The van der Waals surface area contributed by atoms with E-state index >= 15 is 0 Å². The van der Waals surface area contributed by atoms with Crippen LogP contribution in [0, 0.1) is 5.82 Å². The minimum atomic E-state index is -0.295. The quantitative estimate of drug-likeness (QED) is 0.581. The van der Waals surface area contributed by atoms with Crippen LogP contribution < -0.4 is 0 Å². The van der Waals surface area contributed by atoms with Crippen LogP contribution in [0.5, 0.6) is 0 Å². The fourth-order valence-corrected chi connectivity index (χ4v) is 2.90. The number of pyridine rings is 1. The molecule has 0 radical (unpaired) electrons. The number of hydrogen-bond acceptors (Lipinski definition) is 3. The number of hydrogen-bond donors (Lipinski definition) is 1. The third-order valence-corrected chi connectivity index (χ3v) is 4.41. The van der Waals surface area contributed by atoms with E-state index in [1.807, 2.05) is 17.8 Å². The standard InChI is InChI=1S/C20H20FN5/c1-20(2,3)18-10-17(26(4)25-18)19-23-15-9-14(22-11-16(15)24-19)12-7-5-6-8-13(12)21/h5-11H,1-4H3,(H,23,24). The van der Waals surface area contributed by atoms with E-state index < -0.39 is 0 Å². The van der Waals surface area contributed by atoms with E-state index in [1.165, 1.54) is 6.07 Å². The number of nitrogens with zero attached hydrogens (tertiary/aromatic N) is 4. The first kappa shape index (κ1) is 16.4. The minimum Gasteiger partial charge on any atom is -0.335 e. The van der Waals surface area contributed by atoms with Crippen LogP contribution in [0.3, 0.4) is 0 Å². The van der Waals surface area contributed by atoms with Gasteiger partial charge in [-0.3, -0.25) is 9.67 Å². The molecule has 4 aromatic rings. The lowest BCUT2D eigenvalue weighted by molar-refractivity contribution is 0.553. The molecule has 0 aliphatic carbocycles. The third kappa shape index (κ3) is 2.77. The molecule has 5 nitrogen and oxygen atoms in total. The van der Waals surface area contributed by atoms with Gasteiger partial charge in [0.05, 0.1) is 28.6 Å². The average Bonchev–Trinajstić information content (AvgIpc) is 3.17. The molecule has 0 unspecified atom stereocenters. The molecule has 0 saturated heterocycles. The molecule has 6 heteroatoms. The van der Waals surface area contributed by atoms with Crippen LogP contribution >= 0.6 is 0 Å². The number of aromatic amines is 1. The maximum absolute atomic E-state index is 14.0. The van der Waals surface area contributed by atoms with Gasteiger partial charge >= 0.3 is 0 Å². The second-order valence-electron chi connectivity index (χ2n) is 7.44. The van der Waals surface area contributed by atoms with Gasteiger partial charge < -0.3 is 4.98 Å². The number of aromatic nitrogens is 5. The molecule has 0 spiro atoms. The summed E-state index contributed by atoms with van der Waals surface area (Å²) in [4.78, 5) is 12.3. The maximum atomic E-state index is 14.0. The highest BCUT2D eigenvalue weighted by atomic mass is 19.1. The second-order valence-corrected chi connectivity index (χ2v) is 7.44. The fourth-order valence-electron chi connectivity index (χ4n) is 2.90. The molecule has 4 rings (SSSR count). The molecule has 0 bridgehead atoms. The smallest absolute Gasteiger partial charge is 0.156 e. The molecular weight excluding hydrogens is 329 g/mol. The Balaban J connectivity index is 1.80. The van der Waals surface area contributed by atoms with Gasteiger partial charge in [-0.2, -0.15) is 5.10 Å². The van der Waals surface area contributed by atoms with Crippen molar-refractivity contribution in [2.24, 2.45) is 7.05 Å². The maximum Gasteiger partial charge on any atom is 0.156 e. The van der Waals surface area contributed by atoms with E-state index in [0.29, 0.717) is 11.3 Å². The Hall–Kier alpha value is -3.02. The van der Waals surface area contributed by atoms with E-state index in [4.69, 9.17) is 0 Å². The van der Waals surface area contributed by atoms with Gasteiger partial charge in [-0.15, -0.1) is 0 Å². The summed E-state index contributed by atoms with van der Waals surface area (Å²) in [6.07, 6.45) is 1.69. The highest BCUT2D eigenvalue weighted by Crippen LogP contribution is 2.28. The number of rotatable bonds is 2. The number of fused-ring (bicyclic) bond motifs is 1. The number of aryl methyl sites for hydroxylation is 1. The van der Waals surface area contributed by atoms with Crippen LogP contribution in [-0.4, -0.2) is 24.7 Å². The van der Waals surface area contributed by atoms with Gasteiger partial charge in [0.25, 0.3) is 0 Å². The van der Waals surface area contributed by atoms with Crippen molar-refractivity contribution in [2.75, 3.05) is 0 Å². The van der Waals surface area contributed by atoms with Gasteiger partial charge in [-0.05, 0) is 24.3 Å². The Morgan fingerprint density at radius 2 is 1.88 bits per heavy atom. The zero-order valence-corrected chi connectivity index (χ0v) is 15.2. The lowest BCUT2D eigenvalue weighted by atomic mass is 9.92. The highest BCUT2D eigenvalue weighted by Gasteiger charge is 2.21. The van der Waals surface area contributed by atoms with Crippen LogP contribution in [0.25, 0.3) is 33.8 Å². The van der Waals surface area contributed by atoms with Crippen molar-refractivity contribution in [3.05, 3.63) is 54.1 Å². The van der Waals surface area contributed by atoms with Crippen molar-refractivity contribution in [3.8, 4) is 22.8 Å². The summed E-state index contributed by atoms with van der Waals surface area (Å²) in [7, 11) is 1.90. The normalized spacial score (nSPS) is 12.0. The predicted octanol–water partition coefficient (Wildman–Crippen LogP) is 4.46. The van der Waals surface area contributed by atoms with E-state index in [-0.39, 0.29) is 11.2 Å². The minimum absolute atomic E-state index is 0.0401. The van der Waals surface area contributed by atoms with E-state index in [0.717, 1.165) is 28.2 Å². The molecule has 0 saturated carbocycles. The van der Waals surface area contributed by atoms with Gasteiger partial charge in [0, 0.05) is 18.0 Å². The summed E-state index contributed by atoms with van der Waals surface area (Å²) in [6, 6.07) is 10.5. The summed E-state index contributed by atoms with van der Waals surface area (Å²) >= 11 is 0. The molecule has 0 atom stereocenters. The Morgan fingerprint density at radius 3 is 2.58 bits per heavy atom. The van der Waals surface area contributed by atoms with E-state index in [1.54, 1.807) is 30.5 Å². The first-order valence-corrected chi connectivity index (χ1v) is 8.48. The Bertz CT molecular complexity index is 1100. The van der Waals surface area contributed by atoms with Gasteiger partial charge in [0.15, 0.2) is 5.82 Å². The van der Waals surface area contributed by atoms with E-state index in [9.17, 15) is 4.39 Å². The molecule has 0 aliphatic heterocycles. The van der Waals surface area contributed by atoms with Gasteiger partial charge in [-0.25, -0.2) is 9.37 Å². The first-order chi connectivity index (χ1) is 12.3. The fraction of sp³-hybridized carbons (Fsp3) is 0.250. The second kappa shape index (κ2) is 5.76. The molecule has 0 fully saturated rings. The molecule has 132 valence electrons. The number of halogens is 1. The van der Waals surface area contributed by atoms with Gasteiger partial charge in [-0.1, -0.05) is 32.9 Å². The molecule has 0 amide bonds. The molecule has 26 heavy (non-hydrogen) atoms. The largest absolute Gasteiger partial charge is 0.335 e. The van der Waals surface area contributed by atoms with Crippen LogP contribution in [0.15, 0.2) is 42.6 Å². The zero-order valence-electron chi connectivity index (χ0n) is 15.2. The van der Waals surface area contributed by atoms with Crippen molar-refractivity contribution in [1.29, 1.82) is 0 Å². The molecular formula is C20H20FN5. The first-order valence-electron chi connectivity index (χ1n) is 8.48. The van der Waals surface area contributed by atoms with Crippen molar-refractivity contribution < 1.29 is 4.39 Å². The number of H-pyrrole nitrogens is 1. The van der Waals surface area contributed by atoms with Crippen LogP contribution in [0.2, 0.25) is 0 Å². The Kier molecular flexibility index (Phi) is 3.64. The number of imidazole rings is 1. The van der Waals surface area contributed by atoms with Crippen LogP contribution in [0.4, 0.5) is 4.39 Å². The zero-order chi connectivity index (χ0) is 18.5. The molecule has 1 aromatic carbocycles. The summed E-state index contributed by atoms with van der Waals surface area (Å²) in [5.74, 6) is 0.426. The highest BCUT2D eigenvalue weighted by molar-refractivity contribution is 5.82. The monoisotopic (exact) mass is 349 g/mol. The van der Waals surface area contributed by atoms with Gasteiger partial charge in [0.1, 0.15) is 11.5 Å². The lowest BCUT2D eigenvalue weighted by Crippen LogP contribution is -2.12. The van der Waals surface area contributed by atoms with Crippen molar-refractivity contribution in [2.45, 2.75) is 26.2 Å². The topological polar surface area (TPSA) is 59.4 Å². The summed E-state index contributed by atoms with van der Waals surface area (Å²) < 4.78 is 15.9. The van der Waals surface area contributed by atoms with E-state index in [2.05, 4.69) is 40.8 Å². The summed E-state index contributed by atoms with van der Waals surface area (Å²) in [6.45, 7) is 6.38. The van der Waals surface area contributed by atoms with Crippen molar-refractivity contribution in [1.82, 2.24) is 24.7 Å². The van der Waals surface area contributed by atoms with Crippen LogP contribution in [0.1, 0.15) is 26.5 Å².